The maximum atomic E-state index is 12.1. The van der Waals surface area contributed by atoms with E-state index in [4.69, 9.17) is 28.5 Å². The summed E-state index contributed by atoms with van der Waals surface area (Å²) in [5.41, 5.74) is 0.272. The molecule has 0 radical (unpaired) electrons. The van der Waals surface area contributed by atoms with Crippen LogP contribution >= 0.6 is 34.5 Å². The highest BCUT2D eigenvalue weighted by Gasteiger charge is 2.18. The number of halogens is 2. The molecule has 0 unspecified atom stereocenters. The molecule has 2 aromatic rings. The average Bonchev–Trinajstić information content (AvgIpc) is 2.79. The monoisotopic (exact) mass is 332 g/mol. The van der Waals surface area contributed by atoms with Gasteiger partial charge in [0.25, 0.3) is 10.0 Å². The molecule has 1 N–H and O–H groups in total. The van der Waals surface area contributed by atoms with Crippen LogP contribution in [0, 0.1) is 11.3 Å². The number of anilines is 1. The van der Waals surface area contributed by atoms with Gasteiger partial charge in [0.05, 0.1) is 20.5 Å². The van der Waals surface area contributed by atoms with Gasteiger partial charge in [0.1, 0.15) is 11.1 Å². The number of benzene rings is 1. The molecule has 1 aromatic heterocycles. The molecule has 0 amide bonds. The van der Waals surface area contributed by atoms with Crippen LogP contribution in [0.3, 0.4) is 0 Å². The molecule has 0 aliphatic heterocycles. The standard InChI is InChI=1S/C11H6Cl2N2O2S2/c12-9-2-1-8(5-10(9)13)19(16,17)15-11-7(6-14)3-4-18-11/h1-5,15H. The van der Waals surface area contributed by atoms with Crippen molar-refractivity contribution in [2.45, 2.75) is 4.90 Å². The van der Waals surface area contributed by atoms with E-state index < -0.39 is 10.0 Å². The fourth-order valence-corrected chi connectivity index (χ4v) is 3.76. The molecule has 0 atom stereocenters. The van der Waals surface area contributed by atoms with Crippen LogP contribution in [0.4, 0.5) is 5.00 Å². The van der Waals surface area contributed by atoms with Gasteiger partial charge in [-0.25, -0.2) is 8.42 Å². The lowest BCUT2D eigenvalue weighted by molar-refractivity contribution is 0.601. The lowest BCUT2D eigenvalue weighted by atomic mass is 10.4. The van der Waals surface area contributed by atoms with Crippen molar-refractivity contribution in [3.8, 4) is 6.07 Å². The molecule has 0 spiro atoms. The predicted molar refractivity (Wildman–Crippen MR) is 76.3 cm³/mol. The highest BCUT2D eigenvalue weighted by atomic mass is 35.5. The molecule has 19 heavy (non-hydrogen) atoms. The molecule has 0 aliphatic carbocycles. The second-order valence-corrected chi connectivity index (χ2v) is 6.87. The highest BCUT2D eigenvalue weighted by Crippen LogP contribution is 2.28. The van der Waals surface area contributed by atoms with Gasteiger partial charge in [0.2, 0.25) is 0 Å². The summed E-state index contributed by atoms with van der Waals surface area (Å²) in [5.74, 6) is 0. The quantitative estimate of drug-likeness (QED) is 0.930. The fourth-order valence-electron chi connectivity index (χ4n) is 1.30. The minimum absolute atomic E-state index is 0.0146. The van der Waals surface area contributed by atoms with E-state index in [1.807, 2.05) is 6.07 Å². The molecule has 0 saturated carbocycles. The second kappa shape index (κ2) is 5.39. The molecule has 0 fully saturated rings. The summed E-state index contributed by atoms with van der Waals surface area (Å²) in [6.45, 7) is 0. The topological polar surface area (TPSA) is 70.0 Å². The summed E-state index contributed by atoms with van der Waals surface area (Å²) in [7, 11) is -3.79. The average molecular weight is 333 g/mol. The van der Waals surface area contributed by atoms with Crippen molar-refractivity contribution in [2.75, 3.05) is 4.72 Å². The largest absolute Gasteiger partial charge is 0.269 e. The number of sulfonamides is 1. The minimum atomic E-state index is -3.79. The zero-order valence-electron chi connectivity index (χ0n) is 9.22. The van der Waals surface area contributed by atoms with Crippen LogP contribution in [0.25, 0.3) is 0 Å². The zero-order chi connectivity index (χ0) is 14.0. The first-order chi connectivity index (χ1) is 8.94. The molecule has 0 bridgehead atoms. The SMILES string of the molecule is N#Cc1ccsc1NS(=O)(=O)c1ccc(Cl)c(Cl)c1. The summed E-state index contributed by atoms with van der Waals surface area (Å²) in [4.78, 5) is -0.0146. The van der Waals surface area contributed by atoms with E-state index in [0.717, 1.165) is 11.3 Å². The van der Waals surface area contributed by atoms with Crippen LogP contribution in [-0.2, 0) is 10.0 Å². The van der Waals surface area contributed by atoms with Gasteiger partial charge in [-0.2, -0.15) is 5.26 Å². The Balaban J connectivity index is 2.38. The van der Waals surface area contributed by atoms with Crippen molar-refractivity contribution in [1.82, 2.24) is 0 Å². The Labute approximate surface area is 124 Å². The van der Waals surface area contributed by atoms with Crippen molar-refractivity contribution < 1.29 is 8.42 Å². The van der Waals surface area contributed by atoms with Crippen LogP contribution in [-0.4, -0.2) is 8.42 Å². The van der Waals surface area contributed by atoms with Crippen LogP contribution in [0.2, 0.25) is 10.0 Å². The summed E-state index contributed by atoms with van der Waals surface area (Å²) in [5, 5.41) is 11.2. The first-order valence-electron chi connectivity index (χ1n) is 4.89. The first kappa shape index (κ1) is 14.2. The Morgan fingerprint density at radius 1 is 1.21 bits per heavy atom. The number of hydrogen-bond donors (Lipinski definition) is 1. The third-order valence-corrected chi connectivity index (χ3v) is 5.26. The minimum Gasteiger partial charge on any atom is -0.269 e. The van der Waals surface area contributed by atoms with Crippen molar-refractivity contribution in [1.29, 1.82) is 5.26 Å². The fraction of sp³-hybridized carbons (Fsp3) is 0. The normalized spacial score (nSPS) is 11.0. The smallest absolute Gasteiger partial charge is 0.262 e. The molecular weight excluding hydrogens is 327 g/mol. The van der Waals surface area contributed by atoms with Crippen molar-refractivity contribution in [2.24, 2.45) is 0 Å². The Morgan fingerprint density at radius 3 is 2.58 bits per heavy atom. The van der Waals surface area contributed by atoms with Gasteiger partial charge in [-0.3, -0.25) is 4.72 Å². The Bertz CT molecular complexity index is 763. The van der Waals surface area contributed by atoms with E-state index in [1.165, 1.54) is 24.3 Å². The maximum Gasteiger partial charge on any atom is 0.262 e. The Morgan fingerprint density at radius 2 is 1.95 bits per heavy atom. The van der Waals surface area contributed by atoms with E-state index in [2.05, 4.69) is 4.72 Å². The van der Waals surface area contributed by atoms with Gasteiger partial charge in [-0.1, -0.05) is 23.2 Å². The van der Waals surface area contributed by atoms with E-state index in [-0.39, 0.29) is 25.5 Å². The van der Waals surface area contributed by atoms with Gasteiger partial charge >= 0.3 is 0 Å². The molecule has 8 heteroatoms. The van der Waals surface area contributed by atoms with Crippen molar-refractivity contribution in [3.63, 3.8) is 0 Å². The number of nitriles is 1. The van der Waals surface area contributed by atoms with Crippen LogP contribution in [0.1, 0.15) is 5.56 Å². The van der Waals surface area contributed by atoms with Crippen LogP contribution in [0.5, 0.6) is 0 Å². The Hall–Kier alpha value is -1.26. The zero-order valence-corrected chi connectivity index (χ0v) is 12.4. The number of rotatable bonds is 3. The summed E-state index contributed by atoms with van der Waals surface area (Å²) >= 11 is 12.7. The summed E-state index contributed by atoms with van der Waals surface area (Å²) in [6, 6.07) is 7.45. The lowest BCUT2D eigenvalue weighted by Gasteiger charge is -2.07. The van der Waals surface area contributed by atoms with E-state index in [0.29, 0.717) is 0 Å². The highest BCUT2D eigenvalue weighted by molar-refractivity contribution is 7.93. The molecule has 2 rings (SSSR count). The third kappa shape index (κ3) is 3.01. The van der Waals surface area contributed by atoms with E-state index in [1.54, 1.807) is 5.38 Å². The van der Waals surface area contributed by atoms with Crippen molar-refractivity contribution >= 4 is 49.6 Å². The third-order valence-electron chi connectivity index (χ3n) is 2.21. The summed E-state index contributed by atoms with van der Waals surface area (Å²) in [6.07, 6.45) is 0. The van der Waals surface area contributed by atoms with Gasteiger partial charge in [-0.15, -0.1) is 11.3 Å². The predicted octanol–water partition coefficient (Wildman–Crippen LogP) is 3.73. The van der Waals surface area contributed by atoms with Gasteiger partial charge < -0.3 is 0 Å². The molecule has 98 valence electrons. The van der Waals surface area contributed by atoms with E-state index >= 15 is 0 Å². The maximum absolute atomic E-state index is 12.1. The lowest BCUT2D eigenvalue weighted by Crippen LogP contribution is -2.12. The molecular formula is C11H6Cl2N2O2S2. The molecule has 1 heterocycles. The van der Waals surface area contributed by atoms with E-state index in [9.17, 15) is 8.42 Å². The molecule has 0 saturated heterocycles. The van der Waals surface area contributed by atoms with Crippen LogP contribution < -0.4 is 4.72 Å². The number of nitrogens with one attached hydrogen (secondary N) is 1. The Kier molecular flexibility index (Phi) is 4.02. The van der Waals surface area contributed by atoms with Gasteiger partial charge in [0, 0.05) is 0 Å². The van der Waals surface area contributed by atoms with Gasteiger partial charge in [0.15, 0.2) is 0 Å². The number of nitrogens with zero attached hydrogens (tertiary/aromatic N) is 1. The van der Waals surface area contributed by atoms with Crippen LogP contribution in [0.15, 0.2) is 34.5 Å². The number of thiophene rings is 1. The number of hydrogen-bond acceptors (Lipinski definition) is 4. The molecule has 1 aromatic carbocycles. The first-order valence-corrected chi connectivity index (χ1v) is 8.01. The molecule has 4 nitrogen and oxygen atoms in total. The van der Waals surface area contributed by atoms with Gasteiger partial charge in [-0.05, 0) is 29.6 Å². The molecule has 0 aliphatic rings. The second-order valence-electron chi connectivity index (χ2n) is 3.46. The van der Waals surface area contributed by atoms with Crippen molar-refractivity contribution in [3.05, 3.63) is 45.3 Å². The summed E-state index contributed by atoms with van der Waals surface area (Å²) < 4.78 is 26.6.